The Hall–Kier alpha value is -0.0800. The highest BCUT2D eigenvalue weighted by molar-refractivity contribution is 4.86. The summed E-state index contributed by atoms with van der Waals surface area (Å²) in [5.74, 6) is 5.18. The van der Waals surface area contributed by atoms with Crippen LogP contribution in [0.15, 0.2) is 0 Å². The molecule has 0 saturated heterocycles. The van der Waals surface area contributed by atoms with Gasteiger partial charge < -0.3 is 0 Å². The molecule has 0 radical (unpaired) electrons. The van der Waals surface area contributed by atoms with E-state index < -0.39 is 0 Å². The highest BCUT2D eigenvalue weighted by Gasteiger charge is 2.32. The molecule has 0 aliphatic heterocycles. The van der Waals surface area contributed by atoms with Crippen molar-refractivity contribution in [3.05, 3.63) is 0 Å². The Morgan fingerprint density at radius 2 is 1.00 bits per heavy atom. The smallest absolute Gasteiger partial charge is 0.0238 e. The molecule has 22 heavy (non-hydrogen) atoms. The van der Waals surface area contributed by atoms with E-state index in [0.29, 0.717) is 12.1 Å². The molecule has 0 spiro atoms. The molecule has 2 nitrogen and oxygen atoms in total. The van der Waals surface area contributed by atoms with Crippen molar-refractivity contribution < 1.29 is 0 Å². The molecule has 0 aromatic rings. The van der Waals surface area contributed by atoms with Gasteiger partial charge in [-0.15, -0.1) is 0 Å². The number of hydrogen-bond donors (Lipinski definition) is 2. The van der Waals surface area contributed by atoms with Crippen LogP contribution in [0.25, 0.3) is 0 Å². The molecule has 2 heteroatoms. The summed E-state index contributed by atoms with van der Waals surface area (Å²) >= 11 is 0. The van der Waals surface area contributed by atoms with Crippen LogP contribution in [0.3, 0.4) is 0 Å². The summed E-state index contributed by atoms with van der Waals surface area (Å²) in [5.41, 5.74) is 7.45. The Kier molecular flexibility index (Phi) is 6.76. The van der Waals surface area contributed by atoms with Crippen molar-refractivity contribution in [2.75, 3.05) is 0 Å². The Morgan fingerprint density at radius 1 is 0.636 bits per heavy atom. The average Bonchev–Trinajstić information content (AvgIpc) is 2.46. The lowest BCUT2D eigenvalue weighted by Gasteiger charge is -2.40. The van der Waals surface area contributed by atoms with E-state index in [9.17, 15) is 0 Å². The van der Waals surface area contributed by atoms with Gasteiger partial charge in [0.25, 0.3) is 0 Å². The van der Waals surface area contributed by atoms with Crippen LogP contribution in [0.4, 0.5) is 0 Å². The summed E-state index contributed by atoms with van der Waals surface area (Å²) in [6.07, 6.45) is 8.27. The van der Waals surface area contributed by atoms with Gasteiger partial charge in [-0.25, -0.2) is 0 Å². The Bertz CT molecular complexity index is 294. The molecule has 130 valence electrons. The molecule has 0 amide bonds. The Morgan fingerprint density at radius 3 is 1.27 bits per heavy atom. The maximum absolute atomic E-state index is 3.73. The number of hydrogen-bond acceptors (Lipinski definition) is 2. The van der Waals surface area contributed by atoms with Gasteiger partial charge in [0, 0.05) is 12.1 Å². The van der Waals surface area contributed by atoms with Crippen molar-refractivity contribution >= 4 is 0 Å². The van der Waals surface area contributed by atoms with Gasteiger partial charge in [0.05, 0.1) is 0 Å². The molecule has 6 unspecified atom stereocenters. The first kappa shape index (κ1) is 18.3. The second-order valence-electron chi connectivity index (χ2n) is 9.09. The van der Waals surface area contributed by atoms with Gasteiger partial charge in [-0.1, -0.05) is 41.5 Å². The van der Waals surface area contributed by atoms with E-state index in [1.807, 2.05) is 0 Å². The first-order valence-electron chi connectivity index (χ1n) is 9.89. The van der Waals surface area contributed by atoms with Crippen LogP contribution in [-0.4, -0.2) is 12.1 Å². The summed E-state index contributed by atoms with van der Waals surface area (Å²) in [5, 5.41) is 0. The summed E-state index contributed by atoms with van der Waals surface area (Å²) in [4.78, 5) is 0. The zero-order valence-corrected chi connectivity index (χ0v) is 15.9. The monoisotopic (exact) mass is 308 g/mol. The molecule has 0 aromatic carbocycles. The lowest BCUT2D eigenvalue weighted by molar-refractivity contribution is 0.130. The Labute approximate surface area is 139 Å². The van der Waals surface area contributed by atoms with Gasteiger partial charge in [0.2, 0.25) is 0 Å². The molecule has 2 aliphatic rings. The van der Waals surface area contributed by atoms with Gasteiger partial charge in [0.1, 0.15) is 0 Å². The van der Waals surface area contributed by atoms with Crippen LogP contribution in [0.1, 0.15) is 80.1 Å². The zero-order valence-electron chi connectivity index (χ0n) is 15.9. The van der Waals surface area contributed by atoms with Crippen molar-refractivity contribution in [2.45, 2.75) is 92.2 Å². The summed E-state index contributed by atoms with van der Waals surface area (Å²) in [6, 6.07) is 1.34. The molecule has 2 rings (SSSR count). The van der Waals surface area contributed by atoms with Crippen LogP contribution < -0.4 is 10.9 Å². The van der Waals surface area contributed by atoms with Crippen LogP contribution in [0, 0.1) is 35.5 Å². The minimum atomic E-state index is 0.671. The SMILES string of the molecule is CC(C)C1CCC(NNC2CCC(C(C)C)CC2C)C(C)C1. The van der Waals surface area contributed by atoms with Gasteiger partial charge >= 0.3 is 0 Å². The van der Waals surface area contributed by atoms with Crippen molar-refractivity contribution in [3.8, 4) is 0 Å². The third-order valence-corrected chi connectivity index (χ3v) is 6.76. The van der Waals surface area contributed by atoms with Crippen molar-refractivity contribution in [1.82, 2.24) is 10.9 Å². The summed E-state index contributed by atoms with van der Waals surface area (Å²) < 4.78 is 0. The zero-order chi connectivity index (χ0) is 16.3. The van der Waals surface area contributed by atoms with E-state index >= 15 is 0 Å². The molecule has 2 fully saturated rings. The molecular formula is C20H40N2. The molecule has 2 aliphatic carbocycles. The second-order valence-corrected chi connectivity index (χ2v) is 9.09. The molecule has 2 N–H and O–H groups in total. The topological polar surface area (TPSA) is 24.1 Å². The van der Waals surface area contributed by atoms with Crippen molar-refractivity contribution in [3.63, 3.8) is 0 Å². The van der Waals surface area contributed by atoms with Crippen LogP contribution in [0.2, 0.25) is 0 Å². The molecule has 0 heterocycles. The quantitative estimate of drug-likeness (QED) is 0.698. The van der Waals surface area contributed by atoms with E-state index in [-0.39, 0.29) is 0 Å². The van der Waals surface area contributed by atoms with E-state index in [1.165, 1.54) is 38.5 Å². The van der Waals surface area contributed by atoms with Crippen molar-refractivity contribution in [2.24, 2.45) is 35.5 Å². The number of hydrazine groups is 1. The van der Waals surface area contributed by atoms with E-state index in [4.69, 9.17) is 0 Å². The van der Waals surface area contributed by atoms with E-state index in [1.54, 1.807) is 0 Å². The van der Waals surface area contributed by atoms with E-state index in [2.05, 4.69) is 52.4 Å². The Balaban J connectivity index is 1.74. The maximum atomic E-state index is 3.73. The van der Waals surface area contributed by atoms with Gasteiger partial charge in [0.15, 0.2) is 0 Å². The fourth-order valence-electron chi connectivity index (χ4n) is 4.73. The molecule has 2 saturated carbocycles. The summed E-state index contributed by atoms with van der Waals surface area (Å²) in [6.45, 7) is 14.4. The minimum absolute atomic E-state index is 0.671. The fourth-order valence-corrected chi connectivity index (χ4v) is 4.73. The first-order chi connectivity index (χ1) is 10.4. The largest absolute Gasteiger partial charge is 0.254 e. The first-order valence-corrected chi connectivity index (χ1v) is 9.89. The predicted molar refractivity (Wildman–Crippen MR) is 96.5 cm³/mol. The molecule has 0 aromatic heterocycles. The fraction of sp³-hybridized carbons (Fsp3) is 1.00. The second kappa shape index (κ2) is 8.15. The maximum Gasteiger partial charge on any atom is 0.0238 e. The van der Waals surface area contributed by atoms with Crippen LogP contribution in [-0.2, 0) is 0 Å². The van der Waals surface area contributed by atoms with E-state index in [0.717, 1.165) is 35.5 Å². The molecule has 0 bridgehead atoms. The lowest BCUT2D eigenvalue weighted by Crippen LogP contribution is -2.53. The number of rotatable bonds is 5. The standard InChI is InChI=1S/C20H40N2/c1-13(2)17-7-9-19(15(5)11-17)21-22-20-10-8-18(14(3)4)12-16(20)6/h13-22H,7-12H2,1-6H3. The molecule has 6 atom stereocenters. The van der Waals surface area contributed by atoms with Crippen LogP contribution >= 0.6 is 0 Å². The predicted octanol–water partition coefficient (Wildman–Crippen LogP) is 5.00. The van der Waals surface area contributed by atoms with Gasteiger partial charge in [-0.05, 0) is 74.0 Å². The number of nitrogens with one attached hydrogen (secondary N) is 2. The third-order valence-electron chi connectivity index (χ3n) is 6.76. The lowest BCUT2D eigenvalue weighted by atomic mass is 9.74. The molecular weight excluding hydrogens is 268 g/mol. The highest BCUT2D eigenvalue weighted by atomic mass is 15.4. The minimum Gasteiger partial charge on any atom is -0.254 e. The normalized spacial score (nSPS) is 40.4. The van der Waals surface area contributed by atoms with Gasteiger partial charge in [-0.3, -0.25) is 10.9 Å². The van der Waals surface area contributed by atoms with Crippen LogP contribution in [0.5, 0.6) is 0 Å². The average molecular weight is 309 g/mol. The summed E-state index contributed by atoms with van der Waals surface area (Å²) in [7, 11) is 0. The van der Waals surface area contributed by atoms with Gasteiger partial charge in [-0.2, -0.15) is 0 Å². The third kappa shape index (κ3) is 4.71. The van der Waals surface area contributed by atoms with Crippen molar-refractivity contribution in [1.29, 1.82) is 0 Å². The highest BCUT2D eigenvalue weighted by Crippen LogP contribution is 2.35.